The normalized spacial score (nSPS) is 15.3. The number of hydrogen-bond acceptors (Lipinski definition) is 20. The minimum Gasteiger partial charge on any atom is -0.493 e. The van der Waals surface area contributed by atoms with Crippen LogP contribution in [-0.4, -0.2) is 180 Å². The van der Waals surface area contributed by atoms with E-state index in [0.29, 0.717) is 50.8 Å². The minimum atomic E-state index is -4.51. The van der Waals surface area contributed by atoms with Crippen molar-refractivity contribution in [3.63, 3.8) is 0 Å². The highest BCUT2D eigenvalue weighted by molar-refractivity contribution is 7.86. The summed E-state index contributed by atoms with van der Waals surface area (Å²) in [7, 11) is -7.61. The van der Waals surface area contributed by atoms with E-state index in [0.717, 1.165) is 34.4 Å². The van der Waals surface area contributed by atoms with Crippen molar-refractivity contribution in [2.75, 3.05) is 90.1 Å². The number of nitro benzene ring substituents is 1. The number of nitrogens with zero attached hydrogens (tertiary/aromatic N) is 3. The van der Waals surface area contributed by atoms with Gasteiger partial charge in [0.1, 0.15) is 19.2 Å². The Hall–Kier alpha value is -8.11. The number of nitro groups is 1. The third kappa shape index (κ3) is 23.5. The number of allylic oxidation sites excluding steroid dienone is 6. The van der Waals surface area contributed by atoms with E-state index in [-0.39, 0.29) is 122 Å². The maximum Gasteiger partial charge on any atom is 0.294 e. The molecule has 538 valence electrons. The molecule has 0 radical (unpaired) electrons. The summed E-state index contributed by atoms with van der Waals surface area (Å²) in [5.74, 6) is -3.35. The molecule has 98 heavy (non-hydrogen) atoms. The molecular weight excluding hydrogens is 1330 g/mol. The Morgan fingerprint density at radius 1 is 0.724 bits per heavy atom. The van der Waals surface area contributed by atoms with E-state index in [4.69, 9.17) is 24.7 Å². The minimum absolute atomic E-state index is 0.00183. The number of fused-ring (bicyclic) bond motifs is 2. The highest BCUT2D eigenvalue weighted by Crippen LogP contribution is 2.48. The first kappa shape index (κ1) is 80.6. The number of ether oxygens (including phenoxy) is 4. The van der Waals surface area contributed by atoms with Gasteiger partial charge in [-0.25, -0.2) is 0 Å². The smallest absolute Gasteiger partial charge is 0.294 e. The van der Waals surface area contributed by atoms with Gasteiger partial charge in [0, 0.05) is 79.2 Å². The highest BCUT2D eigenvalue weighted by Gasteiger charge is 2.45. The number of methoxy groups -OCH3 is 1. The van der Waals surface area contributed by atoms with Crippen LogP contribution in [0.2, 0.25) is 0 Å². The molecule has 2 heterocycles. The summed E-state index contributed by atoms with van der Waals surface area (Å²) in [6, 6.07) is 8.34. The number of amides is 6. The van der Waals surface area contributed by atoms with E-state index in [1.807, 2.05) is 65.0 Å². The lowest BCUT2D eigenvalue weighted by Gasteiger charge is -2.25. The number of nitrogens with two attached hydrogens (primary N) is 1. The molecule has 6 amide bonds. The molecule has 0 spiro atoms. The van der Waals surface area contributed by atoms with Crippen LogP contribution in [0.3, 0.4) is 0 Å². The highest BCUT2D eigenvalue weighted by atomic mass is 32.2. The summed E-state index contributed by atoms with van der Waals surface area (Å²) in [4.78, 5) is 102. The SMILES string of the molecule is CCN1/C(=C/C=C/C=C/C2=[N+](CCCCCC(=O)NCCCC[C@H](NC(=O)CNC(=O)[C@@H](N)CS)C(=O)NCC(=O)NC(C)c3cc(OC)c(OCCCC(=O)NCCOCCOCC(C)=O)cc3[N+](=O)[O-])c3ccc(S(=O)(=O)O)cc3C2(C)C)C(C)(C)c2cc(S(=O)(=O)O)ccc21. The monoisotopic (exact) mass is 1430 g/mol. The molecule has 3 aromatic rings. The van der Waals surface area contributed by atoms with Crippen LogP contribution < -0.4 is 52.0 Å². The molecule has 0 saturated heterocycles. The van der Waals surface area contributed by atoms with Crippen LogP contribution >= 0.6 is 12.6 Å². The average molecular weight is 1430 g/mol. The number of hydrogen-bond donors (Lipinski definition) is 10. The molecular formula is C66H93N10O19S3+. The maximum absolute atomic E-state index is 13.6. The predicted molar refractivity (Wildman–Crippen MR) is 369 cm³/mol. The van der Waals surface area contributed by atoms with Gasteiger partial charge in [0.2, 0.25) is 41.1 Å². The predicted octanol–water partition coefficient (Wildman–Crippen LogP) is 4.88. The first-order valence-corrected chi connectivity index (χ1v) is 35.7. The van der Waals surface area contributed by atoms with Gasteiger partial charge < -0.3 is 61.5 Å². The van der Waals surface area contributed by atoms with Crippen LogP contribution in [0.1, 0.15) is 129 Å². The number of ketones is 1. The Morgan fingerprint density at radius 3 is 2.00 bits per heavy atom. The molecule has 3 atom stereocenters. The third-order valence-corrected chi connectivity index (χ3v) is 18.4. The second kappa shape index (κ2) is 37.7. The first-order chi connectivity index (χ1) is 46.3. The summed E-state index contributed by atoms with van der Waals surface area (Å²) in [5, 5.41) is 28.0. The number of benzene rings is 3. The van der Waals surface area contributed by atoms with Crippen LogP contribution in [0.25, 0.3) is 0 Å². The fraction of sp³-hybridized carbons (Fsp3) is 0.515. The number of rotatable bonds is 42. The van der Waals surface area contributed by atoms with Crippen molar-refractivity contribution in [1.29, 1.82) is 0 Å². The molecule has 0 aromatic heterocycles. The van der Waals surface area contributed by atoms with Crippen molar-refractivity contribution in [3.8, 4) is 11.5 Å². The van der Waals surface area contributed by atoms with E-state index in [9.17, 15) is 69.6 Å². The molecule has 29 nitrogen and oxygen atoms in total. The molecule has 2 aliphatic rings. The van der Waals surface area contributed by atoms with E-state index in [1.54, 1.807) is 12.1 Å². The summed E-state index contributed by atoms with van der Waals surface area (Å²) >= 11 is 4.00. The second-order valence-electron chi connectivity index (χ2n) is 24.4. The average Bonchev–Trinajstić information content (AvgIpc) is 1.59. The van der Waals surface area contributed by atoms with Gasteiger partial charge in [-0.3, -0.25) is 52.8 Å². The van der Waals surface area contributed by atoms with Gasteiger partial charge in [0.25, 0.3) is 25.9 Å². The van der Waals surface area contributed by atoms with E-state index >= 15 is 0 Å². The lowest BCUT2D eigenvalue weighted by molar-refractivity contribution is -0.438. The number of Topliss-reactive ketones (excluding diaryl/α,β-unsaturated/α-hetero) is 1. The molecule has 10 N–H and O–H groups in total. The summed E-state index contributed by atoms with van der Waals surface area (Å²) in [6.45, 7) is 13.9. The van der Waals surface area contributed by atoms with Gasteiger partial charge in [-0.2, -0.15) is 34.0 Å². The molecule has 0 aliphatic carbocycles. The quantitative estimate of drug-likeness (QED) is 0.00687. The zero-order valence-electron chi connectivity index (χ0n) is 56.6. The van der Waals surface area contributed by atoms with Gasteiger partial charge in [0.15, 0.2) is 23.0 Å². The Bertz CT molecular complexity index is 3740. The molecule has 5 rings (SSSR count). The van der Waals surface area contributed by atoms with Crippen molar-refractivity contribution in [3.05, 3.63) is 111 Å². The molecule has 3 aromatic carbocycles. The van der Waals surface area contributed by atoms with Crippen molar-refractivity contribution >= 4 is 96.9 Å². The third-order valence-electron chi connectivity index (χ3n) is 16.3. The molecule has 0 saturated carbocycles. The second-order valence-corrected chi connectivity index (χ2v) is 27.6. The molecule has 32 heteroatoms. The Balaban J connectivity index is 1.13. The Labute approximate surface area is 577 Å². The van der Waals surface area contributed by atoms with Gasteiger partial charge in [-0.1, -0.05) is 32.1 Å². The van der Waals surface area contributed by atoms with Crippen LogP contribution in [0.5, 0.6) is 11.5 Å². The van der Waals surface area contributed by atoms with Crippen LogP contribution in [-0.2, 0) is 74.1 Å². The van der Waals surface area contributed by atoms with Gasteiger partial charge in [-0.05, 0) is 121 Å². The number of likely N-dealkylation sites (N-methyl/N-ethyl adjacent to an activating group) is 1. The fourth-order valence-electron chi connectivity index (χ4n) is 11.2. The van der Waals surface area contributed by atoms with Gasteiger partial charge in [0.05, 0.1) is 90.5 Å². The lowest BCUT2D eigenvalue weighted by Crippen LogP contribution is -2.52. The number of carbonyl (C=O) groups is 7. The maximum atomic E-state index is 13.6. The zero-order chi connectivity index (χ0) is 72.5. The topological polar surface area (TPSA) is 413 Å². The number of nitrogens with one attached hydrogen (secondary N) is 6. The largest absolute Gasteiger partial charge is 0.493 e. The van der Waals surface area contributed by atoms with Crippen molar-refractivity contribution in [1.82, 2.24) is 31.9 Å². The van der Waals surface area contributed by atoms with E-state index in [2.05, 4.69) is 54.0 Å². The van der Waals surface area contributed by atoms with E-state index in [1.165, 1.54) is 51.3 Å². The number of unbranched alkanes of at least 4 members (excludes halogenated alkanes) is 3. The lowest BCUT2D eigenvalue weighted by atomic mass is 9.81. The van der Waals surface area contributed by atoms with Gasteiger partial charge in [-0.15, -0.1) is 0 Å². The fourth-order valence-corrected chi connectivity index (χ4v) is 12.4. The molecule has 1 unspecified atom stereocenters. The van der Waals surface area contributed by atoms with Crippen molar-refractivity contribution in [2.45, 2.75) is 145 Å². The number of anilines is 1. The van der Waals surface area contributed by atoms with Crippen LogP contribution in [0, 0.1) is 10.1 Å². The summed E-state index contributed by atoms with van der Waals surface area (Å²) < 4.78 is 92.1. The van der Waals surface area contributed by atoms with E-state index < -0.39 is 96.5 Å². The number of thiol groups is 1. The summed E-state index contributed by atoms with van der Waals surface area (Å²) in [6.07, 6.45) is 12.6. The Kier molecular flexibility index (Phi) is 31.0. The van der Waals surface area contributed by atoms with Crippen LogP contribution in [0.15, 0.2) is 94.4 Å². The summed E-state index contributed by atoms with van der Waals surface area (Å²) in [5.41, 5.74) is 8.86. The van der Waals surface area contributed by atoms with Crippen molar-refractivity contribution < 1.29 is 87.9 Å². The standard InChI is InChI=1S/C66H92N10O19S3/c1-9-74-52-26-24-45(97(86,87)88)35-48(52)65(4,5)57(74)20-12-10-13-21-58-66(6,7)49-36-46(98(89,90)91)25-27-53(49)75(58)30-17-11-14-22-59(78)68-28-16-15-19-51(73-62(81)40-70-63(82)50(67)42-96)64(83)71-39-61(80)72-44(3)47-37-55(92-8)56(38-54(47)76(84)85)95-31-18-23-60(79)69-29-32-93-33-34-94-41-43(2)77/h10,12-13,20-21,24-27,35-38,44,50-51H,9,11,14-19,22-23,28-34,39-42,67H2,1-8H3,(H8-,68,69,70,71,72,73,78,79,80,81,82,83,86,87,88,89,90,91,96)/p+1/t44?,50-,51-/m0/s1. The number of carbonyl (C=O) groups excluding carboxylic acids is 7. The molecule has 0 bridgehead atoms. The first-order valence-electron chi connectivity index (χ1n) is 32.2. The molecule has 2 aliphatic heterocycles. The zero-order valence-corrected chi connectivity index (χ0v) is 59.1. The Morgan fingerprint density at radius 2 is 1.36 bits per heavy atom. The van der Waals surface area contributed by atoms with Crippen molar-refractivity contribution in [2.24, 2.45) is 5.73 Å². The van der Waals surface area contributed by atoms with Crippen LogP contribution in [0.4, 0.5) is 17.1 Å². The molecule has 0 fully saturated rings. The van der Waals surface area contributed by atoms with Gasteiger partial charge >= 0.3 is 0 Å².